The first kappa shape index (κ1) is 18.4. The van der Waals surface area contributed by atoms with E-state index in [1.807, 2.05) is 0 Å². The smallest absolute Gasteiger partial charge is 0.253 e. The fourth-order valence-corrected chi connectivity index (χ4v) is 2.63. The topological polar surface area (TPSA) is 71.3 Å². The van der Waals surface area contributed by atoms with Crippen molar-refractivity contribution >= 4 is 17.5 Å². The molecule has 0 bridgehead atoms. The summed E-state index contributed by atoms with van der Waals surface area (Å²) in [7, 11) is 0. The minimum atomic E-state index is -0.327. The number of hydrogen-bond acceptors (Lipinski definition) is 3. The average Bonchev–Trinajstić information content (AvgIpc) is 3.19. The number of amides is 2. The van der Waals surface area contributed by atoms with Crippen molar-refractivity contribution in [1.29, 1.82) is 0 Å². The zero-order valence-corrected chi connectivity index (χ0v) is 14.6. The molecule has 0 saturated heterocycles. The highest BCUT2D eigenvalue weighted by Crippen LogP contribution is 2.16. The first-order valence-corrected chi connectivity index (χ1v) is 8.56. The average molecular weight is 366 g/mol. The molecule has 138 valence electrons. The van der Waals surface area contributed by atoms with Crippen LogP contribution in [0.1, 0.15) is 28.1 Å². The highest BCUT2D eigenvalue weighted by Gasteiger charge is 2.13. The van der Waals surface area contributed by atoms with Gasteiger partial charge in [0.1, 0.15) is 11.6 Å². The lowest BCUT2D eigenvalue weighted by molar-refractivity contribution is -0.116. The molecule has 2 N–H and O–H groups in total. The van der Waals surface area contributed by atoms with Crippen molar-refractivity contribution in [1.82, 2.24) is 5.32 Å². The van der Waals surface area contributed by atoms with Gasteiger partial charge in [-0.2, -0.15) is 0 Å². The summed E-state index contributed by atoms with van der Waals surface area (Å²) in [5.74, 6) is -0.246. The molecule has 0 spiro atoms. The van der Waals surface area contributed by atoms with Gasteiger partial charge in [0.2, 0.25) is 5.91 Å². The zero-order valence-electron chi connectivity index (χ0n) is 14.6. The van der Waals surface area contributed by atoms with Gasteiger partial charge < -0.3 is 15.1 Å². The molecular weight excluding hydrogens is 347 g/mol. The number of benzene rings is 2. The lowest BCUT2D eigenvalue weighted by atomic mass is 10.1. The van der Waals surface area contributed by atoms with Crippen molar-refractivity contribution in [2.24, 2.45) is 0 Å². The van der Waals surface area contributed by atoms with Crippen LogP contribution in [0, 0.1) is 5.82 Å². The van der Waals surface area contributed by atoms with E-state index in [2.05, 4.69) is 10.6 Å². The second-order valence-electron chi connectivity index (χ2n) is 5.99. The van der Waals surface area contributed by atoms with E-state index < -0.39 is 0 Å². The van der Waals surface area contributed by atoms with Crippen molar-refractivity contribution in [3.05, 3.63) is 89.6 Å². The van der Waals surface area contributed by atoms with Gasteiger partial charge in [-0.15, -0.1) is 0 Å². The van der Waals surface area contributed by atoms with Gasteiger partial charge in [0.25, 0.3) is 5.91 Å². The van der Waals surface area contributed by atoms with Crippen LogP contribution in [0.5, 0.6) is 0 Å². The van der Waals surface area contributed by atoms with E-state index in [0.717, 1.165) is 5.56 Å². The number of furan rings is 1. The summed E-state index contributed by atoms with van der Waals surface area (Å²) >= 11 is 0. The molecule has 0 unspecified atom stereocenters. The van der Waals surface area contributed by atoms with Crippen LogP contribution in [0.4, 0.5) is 10.1 Å². The number of nitrogens with one attached hydrogen (secondary N) is 2. The lowest BCUT2D eigenvalue weighted by Crippen LogP contribution is -2.24. The molecule has 0 atom stereocenters. The zero-order chi connectivity index (χ0) is 19.1. The van der Waals surface area contributed by atoms with Gasteiger partial charge in [-0.1, -0.05) is 24.3 Å². The summed E-state index contributed by atoms with van der Waals surface area (Å²) in [5.41, 5.74) is 1.54. The minimum absolute atomic E-state index is 0.186. The van der Waals surface area contributed by atoms with E-state index in [1.165, 1.54) is 18.4 Å². The van der Waals surface area contributed by atoms with Crippen LogP contribution < -0.4 is 10.6 Å². The van der Waals surface area contributed by atoms with Crippen molar-refractivity contribution in [2.45, 2.75) is 19.4 Å². The Bertz CT molecular complexity index is 923. The van der Waals surface area contributed by atoms with Crippen molar-refractivity contribution in [2.75, 3.05) is 5.32 Å². The molecule has 2 aromatic carbocycles. The maximum atomic E-state index is 13.2. The fourth-order valence-electron chi connectivity index (χ4n) is 2.63. The molecule has 0 aliphatic heterocycles. The SMILES string of the molecule is O=C(CCc1cccc(F)c1)Nc1ccccc1C(=O)NCc1ccco1. The Morgan fingerprint density at radius 3 is 2.63 bits per heavy atom. The monoisotopic (exact) mass is 366 g/mol. The minimum Gasteiger partial charge on any atom is -0.467 e. The first-order valence-electron chi connectivity index (χ1n) is 8.56. The van der Waals surface area contributed by atoms with Crippen LogP contribution in [-0.2, 0) is 17.8 Å². The molecule has 5 nitrogen and oxygen atoms in total. The first-order chi connectivity index (χ1) is 13.1. The molecule has 0 aliphatic carbocycles. The summed E-state index contributed by atoms with van der Waals surface area (Å²) in [4.78, 5) is 24.7. The standard InChI is InChI=1S/C21H19FN2O3/c22-16-6-3-5-15(13-16)10-11-20(25)24-19-9-2-1-8-18(19)21(26)23-14-17-7-4-12-27-17/h1-9,12-13H,10-11,14H2,(H,23,26)(H,24,25). The number of para-hydroxylation sites is 1. The van der Waals surface area contributed by atoms with Crippen LogP contribution in [0.25, 0.3) is 0 Å². The molecule has 1 aromatic heterocycles. The van der Waals surface area contributed by atoms with Crippen LogP contribution in [0.2, 0.25) is 0 Å². The third-order valence-corrected chi connectivity index (χ3v) is 3.98. The Morgan fingerprint density at radius 2 is 1.85 bits per heavy atom. The number of rotatable bonds is 7. The maximum absolute atomic E-state index is 13.2. The van der Waals surface area contributed by atoms with Gasteiger partial charge >= 0.3 is 0 Å². The Morgan fingerprint density at radius 1 is 1.00 bits per heavy atom. The molecule has 3 rings (SSSR count). The van der Waals surface area contributed by atoms with E-state index in [0.29, 0.717) is 23.4 Å². The van der Waals surface area contributed by atoms with Crippen molar-refractivity contribution < 1.29 is 18.4 Å². The van der Waals surface area contributed by atoms with Gasteiger partial charge in [-0.05, 0) is 48.4 Å². The molecule has 0 radical (unpaired) electrons. The summed E-state index contributed by atoms with van der Waals surface area (Å²) in [6.45, 7) is 0.258. The van der Waals surface area contributed by atoms with Gasteiger partial charge in [0, 0.05) is 6.42 Å². The lowest BCUT2D eigenvalue weighted by Gasteiger charge is -2.11. The molecule has 0 aliphatic rings. The Kier molecular flexibility index (Phi) is 5.99. The van der Waals surface area contributed by atoms with Gasteiger partial charge in [-0.3, -0.25) is 9.59 Å². The number of hydrogen-bond donors (Lipinski definition) is 2. The normalized spacial score (nSPS) is 10.4. The molecule has 1 heterocycles. The summed E-state index contributed by atoms with van der Waals surface area (Å²) in [6.07, 6.45) is 2.14. The largest absolute Gasteiger partial charge is 0.467 e. The van der Waals surface area contributed by atoms with Crippen LogP contribution >= 0.6 is 0 Å². The van der Waals surface area contributed by atoms with Crippen molar-refractivity contribution in [3.63, 3.8) is 0 Å². The number of carbonyl (C=O) groups excluding carboxylic acids is 2. The van der Waals surface area contributed by atoms with Gasteiger partial charge in [0.15, 0.2) is 0 Å². The molecular formula is C21H19FN2O3. The molecule has 0 fully saturated rings. The van der Waals surface area contributed by atoms with Crippen LogP contribution in [0.3, 0.4) is 0 Å². The fraction of sp³-hybridized carbons (Fsp3) is 0.143. The van der Waals surface area contributed by atoms with Crippen molar-refractivity contribution in [3.8, 4) is 0 Å². The summed E-state index contributed by atoms with van der Waals surface area (Å²) < 4.78 is 18.4. The second-order valence-corrected chi connectivity index (χ2v) is 5.99. The third kappa shape index (κ3) is 5.28. The molecule has 6 heteroatoms. The van der Waals surface area contributed by atoms with E-state index >= 15 is 0 Å². The van der Waals surface area contributed by atoms with Gasteiger partial charge in [-0.25, -0.2) is 4.39 Å². The summed E-state index contributed by atoms with van der Waals surface area (Å²) in [6, 6.07) is 16.4. The van der Waals surface area contributed by atoms with E-state index in [9.17, 15) is 14.0 Å². The number of anilines is 1. The number of carbonyl (C=O) groups is 2. The predicted octanol–water partition coefficient (Wildman–Crippen LogP) is 3.92. The second kappa shape index (κ2) is 8.80. The molecule has 0 saturated carbocycles. The molecule has 27 heavy (non-hydrogen) atoms. The quantitative estimate of drug-likeness (QED) is 0.666. The summed E-state index contributed by atoms with van der Waals surface area (Å²) in [5, 5.41) is 5.51. The third-order valence-electron chi connectivity index (χ3n) is 3.98. The number of halogens is 1. The Labute approximate surface area is 156 Å². The highest BCUT2D eigenvalue weighted by atomic mass is 19.1. The Balaban J connectivity index is 1.59. The van der Waals surface area contributed by atoms with Crippen LogP contribution in [0.15, 0.2) is 71.3 Å². The number of aryl methyl sites for hydroxylation is 1. The molecule has 2 amide bonds. The van der Waals surface area contributed by atoms with E-state index in [4.69, 9.17) is 4.42 Å². The predicted molar refractivity (Wildman–Crippen MR) is 99.7 cm³/mol. The van der Waals surface area contributed by atoms with Crippen LogP contribution in [-0.4, -0.2) is 11.8 Å². The van der Waals surface area contributed by atoms with E-state index in [-0.39, 0.29) is 30.6 Å². The molecule has 3 aromatic rings. The van der Waals surface area contributed by atoms with Gasteiger partial charge in [0.05, 0.1) is 24.1 Å². The highest BCUT2D eigenvalue weighted by molar-refractivity contribution is 6.03. The maximum Gasteiger partial charge on any atom is 0.253 e. The van der Waals surface area contributed by atoms with E-state index in [1.54, 1.807) is 48.5 Å². The Hall–Kier alpha value is -3.41.